The molecule has 0 rings (SSSR count). The zero-order chi connectivity index (χ0) is 49.3. The highest BCUT2D eigenvalue weighted by atomic mass is 16.5. The Morgan fingerprint density at radius 1 is 0.397 bits per heavy atom. The summed E-state index contributed by atoms with van der Waals surface area (Å²) in [6, 6.07) is -0.630. The van der Waals surface area contributed by atoms with Gasteiger partial charge in [0.2, 0.25) is 5.91 Å². The van der Waals surface area contributed by atoms with Gasteiger partial charge in [0.25, 0.3) is 0 Å². The number of nitrogens with one attached hydrogen (secondary N) is 1. The Bertz CT molecular complexity index is 1060. The lowest BCUT2D eigenvalue weighted by atomic mass is 10.0. The Kier molecular flexibility index (Phi) is 56.5. The highest BCUT2D eigenvalue weighted by Gasteiger charge is 2.18. The van der Waals surface area contributed by atoms with Crippen molar-refractivity contribution < 1.29 is 24.5 Å². The van der Waals surface area contributed by atoms with Crippen LogP contribution in [0.3, 0.4) is 0 Å². The van der Waals surface area contributed by atoms with Crippen LogP contribution in [0.1, 0.15) is 335 Å². The van der Waals surface area contributed by atoms with Crippen LogP contribution in [-0.2, 0) is 14.3 Å². The van der Waals surface area contributed by atoms with Crippen LogP contribution in [0.15, 0.2) is 24.3 Å². The van der Waals surface area contributed by atoms with Crippen LogP contribution in [0.25, 0.3) is 0 Å². The van der Waals surface area contributed by atoms with Gasteiger partial charge in [-0.2, -0.15) is 0 Å². The first-order valence-corrected chi connectivity index (χ1v) is 30.6. The second kappa shape index (κ2) is 57.9. The summed E-state index contributed by atoms with van der Waals surface area (Å²) in [5.41, 5.74) is 0. The molecule has 2 unspecified atom stereocenters. The van der Waals surface area contributed by atoms with Crippen molar-refractivity contribution >= 4 is 11.9 Å². The van der Waals surface area contributed by atoms with E-state index in [1.807, 2.05) is 6.08 Å². The first kappa shape index (κ1) is 66.3. The van der Waals surface area contributed by atoms with Gasteiger partial charge >= 0.3 is 5.97 Å². The van der Waals surface area contributed by atoms with Crippen molar-refractivity contribution in [2.45, 2.75) is 347 Å². The number of carbonyl (C=O) groups is 2. The van der Waals surface area contributed by atoms with Gasteiger partial charge < -0.3 is 20.3 Å². The fourth-order valence-corrected chi connectivity index (χ4v) is 9.51. The van der Waals surface area contributed by atoms with Crippen molar-refractivity contribution in [3.8, 4) is 0 Å². The summed E-state index contributed by atoms with van der Waals surface area (Å²) in [7, 11) is 0. The number of amides is 1. The zero-order valence-corrected chi connectivity index (χ0v) is 45.9. The predicted molar refractivity (Wildman–Crippen MR) is 296 cm³/mol. The van der Waals surface area contributed by atoms with Crippen molar-refractivity contribution in [2.24, 2.45) is 0 Å². The lowest BCUT2D eigenvalue weighted by molar-refractivity contribution is -0.143. The number of aliphatic hydroxyl groups excluding tert-OH is 2. The van der Waals surface area contributed by atoms with Gasteiger partial charge in [-0.15, -0.1) is 0 Å². The number of hydrogen-bond acceptors (Lipinski definition) is 5. The largest absolute Gasteiger partial charge is 0.466 e. The molecule has 0 aromatic rings. The van der Waals surface area contributed by atoms with Gasteiger partial charge in [0.05, 0.1) is 25.4 Å². The molecule has 1 amide bonds. The third-order valence-electron chi connectivity index (χ3n) is 14.2. The van der Waals surface area contributed by atoms with Crippen LogP contribution in [0.2, 0.25) is 0 Å². The normalized spacial score (nSPS) is 12.7. The van der Waals surface area contributed by atoms with Gasteiger partial charge in [-0.3, -0.25) is 9.59 Å². The van der Waals surface area contributed by atoms with Crippen molar-refractivity contribution in [3.05, 3.63) is 24.3 Å². The molecule has 68 heavy (non-hydrogen) atoms. The van der Waals surface area contributed by atoms with Crippen LogP contribution in [0.5, 0.6) is 0 Å². The lowest BCUT2D eigenvalue weighted by Gasteiger charge is -2.20. The van der Waals surface area contributed by atoms with E-state index >= 15 is 0 Å². The zero-order valence-electron chi connectivity index (χ0n) is 45.9. The Labute approximate surface area is 424 Å². The topological polar surface area (TPSA) is 95.9 Å². The number of ether oxygens (including phenoxy) is 1. The Hall–Kier alpha value is -1.66. The molecule has 0 saturated heterocycles. The maximum absolute atomic E-state index is 12.5. The molecule has 0 aliphatic heterocycles. The van der Waals surface area contributed by atoms with Crippen LogP contribution in [0.4, 0.5) is 0 Å². The molecule has 0 spiro atoms. The van der Waals surface area contributed by atoms with Crippen LogP contribution in [0, 0.1) is 0 Å². The van der Waals surface area contributed by atoms with E-state index in [-0.39, 0.29) is 18.5 Å². The molecule has 0 radical (unpaired) electrons. The van der Waals surface area contributed by atoms with Gasteiger partial charge in [-0.05, 0) is 57.8 Å². The number of unbranched alkanes of at least 4 members (excludes halogenated alkanes) is 44. The summed E-state index contributed by atoms with van der Waals surface area (Å²) in [5, 5.41) is 23.1. The lowest BCUT2D eigenvalue weighted by Crippen LogP contribution is -2.45. The van der Waals surface area contributed by atoms with E-state index in [4.69, 9.17) is 4.74 Å². The molecule has 0 aliphatic carbocycles. The third kappa shape index (κ3) is 53.7. The van der Waals surface area contributed by atoms with Crippen molar-refractivity contribution in [1.82, 2.24) is 5.32 Å². The smallest absolute Gasteiger partial charge is 0.305 e. The van der Waals surface area contributed by atoms with E-state index in [2.05, 4.69) is 31.3 Å². The van der Waals surface area contributed by atoms with Crippen molar-refractivity contribution in [2.75, 3.05) is 13.2 Å². The maximum Gasteiger partial charge on any atom is 0.305 e. The Balaban J connectivity index is 3.42. The first-order chi connectivity index (χ1) is 33.5. The molecule has 0 fully saturated rings. The van der Waals surface area contributed by atoms with Crippen LogP contribution in [-0.4, -0.2) is 47.4 Å². The van der Waals surface area contributed by atoms with Crippen molar-refractivity contribution in [3.63, 3.8) is 0 Å². The molecule has 402 valence electrons. The maximum atomic E-state index is 12.5. The number of carbonyl (C=O) groups excluding carboxylic acids is 2. The molecule has 0 heterocycles. The van der Waals surface area contributed by atoms with E-state index in [9.17, 15) is 19.8 Å². The van der Waals surface area contributed by atoms with E-state index in [0.29, 0.717) is 19.4 Å². The molecule has 3 N–H and O–H groups in total. The van der Waals surface area contributed by atoms with Gasteiger partial charge in [0, 0.05) is 12.8 Å². The summed E-state index contributed by atoms with van der Waals surface area (Å²) in [4.78, 5) is 24.5. The second-order valence-corrected chi connectivity index (χ2v) is 21.0. The monoisotopic (exact) mass is 958 g/mol. The molecule has 0 aromatic carbocycles. The van der Waals surface area contributed by atoms with E-state index in [1.165, 1.54) is 270 Å². The van der Waals surface area contributed by atoms with Gasteiger partial charge in [-0.1, -0.05) is 289 Å². The SMILES string of the molecule is CCCCCCCCCCCCCCC/C=C/C(O)C(CO)NC(=O)CCCCCCCCCC/C=C\CCCCCCCCCCCCCCOC(=O)CCCCCCCCCCCCCC. The van der Waals surface area contributed by atoms with Gasteiger partial charge in [0.1, 0.15) is 0 Å². The number of aliphatic hydroxyl groups is 2. The second-order valence-electron chi connectivity index (χ2n) is 21.0. The molecule has 6 heteroatoms. The minimum atomic E-state index is -0.846. The summed E-state index contributed by atoms with van der Waals surface area (Å²) < 4.78 is 5.47. The molecular weight excluding hydrogens is 839 g/mol. The highest BCUT2D eigenvalue weighted by molar-refractivity contribution is 5.76. The molecule has 0 aromatic heterocycles. The molecule has 0 bridgehead atoms. The molecule has 6 nitrogen and oxygen atoms in total. The highest BCUT2D eigenvalue weighted by Crippen LogP contribution is 2.17. The summed E-state index contributed by atoms with van der Waals surface area (Å²) >= 11 is 0. The third-order valence-corrected chi connectivity index (χ3v) is 14.2. The fraction of sp³-hybridized carbons (Fsp3) is 0.903. The van der Waals surface area contributed by atoms with E-state index in [0.717, 1.165) is 38.5 Å². The van der Waals surface area contributed by atoms with E-state index in [1.54, 1.807) is 6.08 Å². The quantitative estimate of drug-likeness (QED) is 0.0321. The average Bonchev–Trinajstić information content (AvgIpc) is 3.34. The predicted octanol–water partition coefficient (Wildman–Crippen LogP) is 19.0. The first-order valence-electron chi connectivity index (χ1n) is 30.6. The molecule has 0 saturated carbocycles. The average molecular weight is 959 g/mol. The minimum Gasteiger partial charge on any atom is -0.466 e. The number of allylic oxidation sites excluding steroid dienone is 3. The number of rotatable bonds is 57. The summed E-state index contributed by atoms with van der Waals surface area (Å²) in [5.74, 6) is -0.0581. The molecule has 0 aliphatic rings. The standard InChI is InChI=1S/C62H119NO5/c1-3-5-7-9-11-13-15-17-28-31-34-38-42-46-50-54-60(65)59(58-64)63-61(66)55-51-47-43-39-35-32-29-26-24-22-20-18-19-21-23-25-27-30-33-37-41-45-49-53-57-68-62(67)56-52-48-44-40-36-16-14-12-10-8-6-4-2/h20,22,50,54,59-60,64-65H,3-19,21,23-49,51-53,55-58H2,1-2H3,(H,63,66)/b22-20-,54-50+. The summed E-state index contributed by atoms with van der Waals surface area (Å²) in [6.45, 7) is 4.92. The molecular formula is C62H119NO5. The van der Waals surface area contributed by atoms with E-state index < -0.39 is 12.1 Å². The fourth-order valence-electron chi connectivity index (χ4n) is 9.51. The molecule has 2 atom stereocenters. The Morgan fingerprint density at radius 2 is 0.691 bits per heavy atom. The minimum absolute atomic E-state index is 0.0129. The van der Waals surface area contributed by atoms with Gasteiger partial charge in [0.15, 0.2) is 0 Å². The van der Waals surface area contributed by atoms with Crippen molar-refractivity contribution in [1.29, 1.82) is 0 Å². The summed E-state index contributed by atoms with van der Waals surface area (Å²) in [6.07, 6.45) is 70.7. The Morgan fingerprint density at radius 3 is 1.04 bits per heavy atom. The number of esters is 1. The van der Waals surface area contributed by atoms with Crippen LogP contribution < -0.4 is 5.32 Å². The van der Waals surface area contributed by atoms with Crippen LogP contribution >= 0.6 is 0 Å². The number of hydrogen-bond donors (Lipinski definition) is 3. The van der Waals surface area contributed by atoms with Gasteiger partial charge in [-0.25, -0.2) is 0 Å².